The Hall–Kier alpha value is -0.770. The van der Waals surface area contributed by atoms with E-state index < -0.39 is 0 Å². The van der Waals surface area contributed by atoms with Crippen molar-refractivity contribution in [1.82, 2.24) is 9.80 Å². The molecule has 2 N–H and O–H groups in total. The molecule has 14 heavy (non-hydrogen) atoms. The first kappa shape index (κ1) is 9.77. The molecule has 1 aliphatic carbocycles. The van der Waals surface area contributed by atoms with Crippen LogP contribution in [0.5, 0.6) is 0 Å². The van der Waals surface area contributed by atoms with Crippen LogP contribution in [0.1, 0.15) is 19.8 Å². The highest BCUT2D eigenvalue weighted by Crippen LogP contribution is 2.23. The summed E-state index contributed by atoms with van der Waals surface area (Å²) in [5.41, 5.74) is 5.95. The average molecular weight is 196 g/mol. The Bertz CT molecular complexity index is 234. The highest BCUT2D eigenvalue weighted by atomic mass is 15.3. The van der Waals surface area contributed by atoms with Crippen LogP contribution >= 0.6 is 0 Å². The van der Waals surface area contributed by atoms with E-state index in [2.05, 4.69) is 28.8 Å². The van der Waals surface area contributed by atoms with Crippen LogP contribution in [-0.2, 0) is 0 Å². The number of aliphatic imine (C=N–C) groups is 1. The van der Waals surface area contributed by atoms with Gasteiger partial charge in [0.2, 0.25) is 0 Å². The largest absolute Gasteiger partial charge is 0.370 e. The zero-order chi connectivity index (χ0) is 10.1. The minimum atomic E-state index is 0.532. The summed E-state index contributed by atoms with van der Waals surface area (Å²) in [6.07, 6.45) is 2.45. The Labute approximate surface area is 85.8 Å². The van der Waals surface area contributed by atoms with E-state index in [1.807, 2.05) is 0 Å². The number of piperazine rings is 1. The SMILES string of the molecule is CC1CN(C(N)=NC2CC2)CCN1C. The number of likely N-dealkylation sites (N-methyl/N-ethyl adjacent to an activating group) is 1. The first-order chi connectivity index (χ1) is 6.66. The first-order valence-electron chi connectivity index (χ1n) is 5.45. The Morgan fingerprint density at radius 3 is 2.64 bits per heavy atom. The van der Waals surface area contributed by atoms with E-state index in [1.54, 1.807) is 0 Å². The summed E-state index contributed by atoms with van der Waals surface area (Å²) in [4.78, 5) is 9.05. The molecule has 4 nitrogen and oxygen atoms in total. The van der Waals surface area contributed by atoms with Crippen LogP contribution in [0.3, 0.4) is 0 Å². The van der Waals surface area contributed by atoms with Crippen LogP contribution in [-0.4, -0.2) is 54.5 Å². The van der Waals surface area contributed by atoms with Gasteiger partial charge in [-0.3, -0.25) is 0 Å². The van der Waals surface area contributed by atoms with Gasteiger partial charge in [-0.2, -0.15) is 0 Å². The summed E-state index contributed by atoms with van der Waals surface area (Å²) in [5.74, 6) is 0.757. The monoisotopic (exact) mass is 196 g/mol. The maximum atomic E-state index is 5.95. The maximum absolute atomic E-state index is 5.95. The smallest absolute Gasteiger partial charge is 0.191 e. The van der Waals surface area contributed by atoms with Gasteiger partial charge in [-0.25, -0.2) is 4.99 Å². The second kappa shape index (κ2) is 3.77. The van der Waals surface area contributed by atoms with Crippen LogP contribution in [0.25, 0.3) is 0 Å². The molecule has 1 saturated heterocycles. The van der Waals surface area contributed by atoms with Gasteiger partial charge in [0.05, 0.1) is 6.04 Å². The predicted octanol–water partition coefficient (Wildman–Crippen LogP) is 0.0994. The van der Waals surface area contributed by atoms with E-state index in [9.17, 15) is 0 Å². The minimum absolute atomic E-state index is 0.532. The lowest BCUT2D eigenvalue weighted by atomic mass is 10.2. The molecule has 1 unspecified atom stereocenters. The van der Waals surface area contributed by atoms with Crippen LogP contribution < -0.4 is 5.73 Å². The Balaban J connectivity index is 1.91. The molecule has 0 aromatic rings. The molecule has 0 spiro atoms. The van der Waals surface area contributed by atoms with Gasteiger partial charge < -0.3 is 15.5 Å². The molecular formula is C10H20N4. The maximum Gasteiger partial charge on any atom is 0.191 e. The molecule has 0 radical (unpaired) electrons. The number of nitrogens with zero attached hydrogens (tertiary/aromatic N) is 3. The highest BCUT2D eigenvalue weighted by molar-refractivity contribution is 5.78. The highest BCUT2D eigenvalue weighted by Gasteiger charge is 2.25. The van der Waals surface area contributed by atoms with Gasteiger partial charge >= 0.3 is 0 Å². The summed E-state index contributed by atoms with van der Waals surface area (Å²) < 4.78 is 0. The summed E-state index contributed by atoms with van der Waals surface area (Å²) in [6.45, 7) is 5.35. The lowest BCUT2D eigenvalue weighted by molar-refractivity contribution is 0.152. The van der Waals surface area contributed by atoms with E-state index in [0.29, 0.717) is 12.1 Å². The summed E-state index contributed by atoms with van der Waals surface area (Å²) in [7, 11) is 2.16. The molecule has 4 heteroatoms. The van der Waals surface area contributed by atoms with Crippen molar-refractivity contribution in [2.24, 2.45) is 10.7 Å². The molecule has 80 valence electrons. The second-order valence-electron chi connectivity index (χ2n) is 4.49. The number of guanidine groups is 1. The zero-order valence-corrected chi connectivity index (χ0v) is 9.11. The molecule has 0 aromatic heterocycles. The number of hydrogen-bond acceptors (Lipinski definition) is 2. The van der Waals surface area contributed by atoms with Crippen LogP contribution in [0.15, 0.2) is 4.99 Å². The van der Waals surface area contributed by atoms with Crippen molar-refractivity contribution in [2.45, 2.75) is 31.8 Å². The molecule has 0 aromatic carbocycles. The average Bonchev–Trinajstić information content (AvgIpc) is 2.93. The lowest BCUT2D eigenvalue weighted by Gasteiger charge is -2.38. The third-order valence-electron chi connectivity index (χ3n) is 3.15. The van der Waals surface area contributed by atoms with Crippen LogP contribution in [0.4, 0.5) is 0 Å². The Morgan fingerprint density at radius 1 is 1.36 bits per heavy atom. The molecule has 2 rings (SSSR count). The number of rotatable bonds is 1. The van der Waals surface area contributed by atoms with E-state index in [0.717, 1.165) is 25.6 Å². The van der Waals surface area contributed by atoms with Gasteiger partial charge in [-0.05, 0) is 26.8 Å². The summed E-state index contributed by atoms with van der Waals surface area (Å²) >= 11 is 0. The molecule has 1 atom stereocenters. The van der Waals surface area contributed by atoms with Gasteiger partial charge in [0.25, 0.3) is 0 Å². The molecule has 2 fully saturated rings. The molecule has 1 saturated carbocycles. The summed E-state index contributed by atoms with van der Waals surface area (Å²) in [6, 6.07) is 1.11. The van der Waals surface area contributed by atoms with Gasteiger partial charge in [-0.1, -0.05) is 0 Å². The fourth-order valence-corrected chi connectivity index (χ4v) is 1.73. The second-order valence-corrected chi connectivity index (χ2v) is 4.49. The fraction of sp³-hybridized carbons (Fsp3) is 0.900. The number of hydrogen-bond donors (Lipinski definition) is 1. The third kappa shape index (κ3) is 2.18. The van der Waals surface area contributed by atoms with E-state index in [4.69, 9.17) is 5.73 Å². The molecule has 0 amide bonds. The van der Waals surface area contributed by atoms with Crippen molar-refractivity contribution >= 4 is 5.96 Å². The van der Waals surface area contributed by atoms with Crippen molar-refractivity contribution < 1.29 is 0 Å². The number of nitrogens with two attached hydrogens (primary N) is 1. The van der Waals surface area contributed by atoms with E-state index in [1.165, 1.54) is 12.8 Å². The fourth-order valence-electron chi connectivity index (χ4n) is 1.73. The Morgan fingerprint density at radius 2 is 2.07 bits per heavy atom. The van der Waals surface area contributed by atoms with Crippen molar-refractivity contribution in [3.63, 3.8) is 0 Å². The van der Waals surface area contributed by atoms with E-state index >= 15 is 0 Å². The van der Waals surface area contributed by atoms with Crippen molar-refractivity contribution in [3.8, 4) is 0 Å². The quantitative estimate of drug-likeness (QED) is 0.478. The third-order valence-corrected chi connectivity index (χ3v) is 3.15. The van der Waals surface area contributed by atoms with Gasteiger partial charge in [0.15, 0.2) is 5.96 Å². The van der Waals surface area contributed by atoms with Gasteiger partial charge in [0.1, 0.15) is 0 Å². The molecule has 0 bridgehead atoms. The molecule has 2 aliphatic rings. The van der Waals surface area contributed by atoms with Crippen LogP contribution in [0.2, 0.25) is 0 Å². The topological polar surface area (TPSA) is 44.9 Å². The van der Waals surface area contributed by atoms with Gasteiger partial charge in [-0.15, -0.1) is 0 Å². The standard InChI is InChI=1S/C10H20N4/c1-8-7-14(6-5-13(8)2)10(11)12-9-3-4-9/h8-9H,3-7H2,1-2H3,(H2,11,12). The zero-order valence-electron chi connectivity index (χ0n) is 9.11. The van der Waals surface area contributed by atoms with Crippen LogP contribution in [0, 0.1) is 0 Å². The molecule has 1 aliphatic heterocycles. The van der Waals surface area contributed by atoms with Crippen molar-refractivity contribution in [2.75, 3.05) is 26.7 Å². The minimum Gasteiger partial charge on any atom is -0.370 e. The van der Waals surface area contributed by atoms with Crippen molar-refractivity contribution in [3.05, 3.63) is 0 Å². The van der Waals surface area contributed by atoms with E-state index in [-0.39, 0.29) is 0 Å². The lowest BCUT2D eigenvalue weighted by Crippen LogP contribution is -2.54. The normalized spacial score (nSPS) is 30.9. The van der Waals surface area contributed by atoms with Gasteiger partial charge in [0, 0.05) is 25.7 Å². The molecular weight excluding hydrogens is 176 g/mol. The Kier molecular flexibility index (Phi) is 2.63. The molecule has 1 heterocycles. The predicted molar refractivity (Wildman–Crippen MR) is 58.3 cm³/mol. The van der Waals surface area contributed by atoms with Crippen molar-refractivity contribution in [1.29, 1.82) is 0 Å². The summed E-state index contributed by atoms with van der Waals surface area (Å²) in [5, 5.41) is 0. The first-order valence-corrected chi connectivity index (χ1v) is 5.45.